The molecule has 0 saturated carbocycles. The first kappa shape index (κ1) is 15.5. The quantitative estimate of drug-likeness (QED) is 0.633. The molecule has 0 atom stereocenters. The fourth-order valence-electron chi connectivity index (χ4n) is 2.36. The van der Waals surface area contributed by atoms with E-state index in [0.717, 1.165) is 5.56 Å². The van der Waals surface area contributed by atoms with E-state index in [-0.39, 0.29) is 5.75 Å². The molecule has 6 nitrogen and oxygen atoms in total. The molecule has 3 rings (SSSR count). The van der Waals surface area contributed by atoms with Crippen molar-refractivity contribution >= 4 is 34.1 Å². The summed E-state index contributed by atoms with van der Waals surface area (Å²) in [5, 5.41) is 16.1. The lowest BCUT2D eigenvalue weighted by atomic mass is 10.1. The minimum Gasteiger partial charge on any atom is -0.507 e. The molecule has 0 aliphatic carbocycles. The van der Waals surface area contributed by atoms with Crippen molar-refractivity contribution in [3.05, 3.63) is 60.3 Å². The number of phenols is 1. The molecule has 0 aliphatic rings. The Morgan fingerprint density at radius 2 is 1.62 bits per heavy atom. The molecule has 1 heterocycles. The SMILES string of the molecule is Cc1cccnc1NC(=O)C(=O)Nc1cccc2c(O)cccc12. The van der Waals surface area contributed by atoms with Crippen LogP contribution in [-0.2, 0) is 9.59 Å². The van der Waals surface area contributed by atoms with Crippen LogP contribution in [0.4, 0.5) is 11.5 Å². The molecule has 3 N–H and O–H groups in total. The summed E-state index contributed by atoms with van der Waals surface area (Å²) in [5.41, 5.74) is 1.20. The largest absolute Gasteiger partial charge is 0.507 e. The molecular weight excluding hydrogens is 306 g/mol. The molecule has 0 spiro atoms. The number of hydrogen-bond donors (Lipinski definition) is 3. The van der Waals surface area contributed by atoms with Gasteiger partial charge in [0.25, 0.3) is 0 Å². The normalized spacial score (nSPS) is 10.4. The van der Waals surface area contributed by atoms with Crippen LogP contribution in [0.5, 0.6) is 5.75 Å². The second-order valence-electron chi connectivity index (χ2n) is 5.25. The van der Waals surface area contributed by atoms with Crippen molar-refractivity contribution in [1.82, 2.24) is 4.98 Å². The van der Waals surface area contributed by atoms with Gasteiger partial charge < -0.3 is 15.7 Å². The number of nitrogens with one attached hydrogen (secondary N) is 2. The monoisotopic (exact) mass is 321 g/mol. The minimum atomic E-state index is -0.811. The summed E-state index contributed by atoms with van der Waals surface area (Å²) in [6.07, 6.45) is 1.54. The van der Waals surface area contributed by atoms with Gasteiger partial charge in [0, 0.05) is 22.7 Å². The third kappa shape index (κ3) is 3.03. The smallest absolute Gasteiger partial charge is 0.315 e. The van der Waals surface area contributed by atoms with E-state index >= 15 is 0 Å². The van der Waals surface area contributed by atoms with E-state index in [4.69, 9.17) is 0 Å². The number of hydrogen-bond acceptors (Lipinski definition) is 4. The summed E-state index contributed by atoms with van der Waals surface area (Å²) in [4.78, 5) is 28.2. The highest BCUT2D eigenvalue weighted by Gasteiger charge is 2.16. The number of phenolic OH excluding ortho intramolecular Hbond substituents is 1. The van der Waals surface area contributed by atoms with Crippen molar-refractivity contribution in [2.45, 2.75) is 6.92 Å². The molecule has 1 aromatic heterocycles. The van der Waals surface area contributed by atoms with Crippen LogP contribution in [0.25, 0.3) is 10.8 Å². The maximum Gasteiger partial charge on any atom is 0.315 e. The molecule has 0 fully saturated rings. The van der Waals surface area contributed by atoms with Crippen LogP contribution in [0.3, 0.4) is 0 Å². The molecule has 0 radical (unpaired) electrons. The van der Waals surface area contributed by atoms with Gasteiger partial charge in [0.1, 0.15) is 11.6 Å². The van der Waals surface area contributed by atoms with Gasteiger partial charge in [-0.2, -0.15) is 0 Å². The zero-order chi connectivity index (χ0) is 17.1. The first-order valence-corrected chi connectivity index (χ1v) is 7.31. The molecular formula is C18H15N3O3. The van der Waals surface area contributed by atoms with Crippen molar-refractivity contribution in [2.75, 3.05) is 10.6 Å². The summed E-state index contributed by atoms with van der Waals surface area (Å²) in [7, 11) is 0. The average Bonchev–Trinajstić information content (AvgIpc) is 2.58. The molecule has 6 heteroatoms. The first-order chi connectivity index (χ1) is 11.6. The summed E-state index contributed by atoms with van der Waals surface area (Å²) < 4.78 is 0. The third-order valence-corrected chi connectivity index (χ3v) is 3.59. The molecule has 2 amide bonds. The number of rotatable bonds is 2. The molecule has 0 unspecified atom stereocenters. The highest BCUT2D eigenvalue weighted by molar-refractivity contribution is 6.44. The number of benzene rings is 2. The topological polar surface area (TPSA) is 91.3 Å². The van der Waals surface area contributed by atoms with Crippen LogP contribution in [-0.4, -0.2) is 21.9 Å². The molecule has 2 aromatic carbocycles. The van der Waals surface area contributed by atoms with E-state index < -0.39 is 11.8 Å². The Kier molecular flexibility index (Phi) is 4.11. The van der Waals surface area contributed by atoms with Crippen molar-refractivity contribution in [2.24, 2.45) is 0 Å². The Hall–Kier alpha value is -3.41. The first-order valence-electron chi connectivity index (χ1n) is 7.31. The van der Waals surface area contributed by atoms with Gasteiger partial charge in [0.05, 0.1) is 0 Å². The number of fused-ring (bicyclic) bond motifs is 1. The molecule has 0 saturated heterocycles. The van der Waals surface area contributed by atoms with Crippen LogP contribution < -0.4 is 10.6 Å². The summed E-state index contributed by atoms with van der Waals surface area (Å²) >= 11 is 0. The van der Waals surface area contributed by atoms with E-state index in [1.807, 2.05) is 0 Å². The lowest BCUT2D eigenvalue weighted by Gasteiger charge is -2.10. The maximum absolute atomic E-state index is 12.1. The number of carbonyl (C=O) groups excluding carboxylic acids is 2. The number of aryl methyl sites for hydroxylation is 1. The van der Waals surface area contributed by atoms with Crippen molar-refractivity contribution in [3.8, 4) is 5.75 Å². The van der Waals surface area contributed by atoms with E-state index in [1.54, 1.807) is 55.5 Å². The van der Waals surface area contributed by atoms with Gasteiger partial charge in [0.15, 0.2) is 0 Å². The number of amides is 2. The maximum atomic E-state index is 12.1. The van der Waals surface area contributed by atoms with Gasteiger partial charge in [-0.05, 0) is 30.7 Å². The van der Waals surface area contributed by atoms with Crippen molar-refractivity contribution < 1.29 is 14.7 Å². The Bertz CT molecular complexity index is 938. The fraction of sp³-hybridized carbons (Fsp3) is 0.0556. The standard InChI is InChI=1S/C18H15N3O3/c1-11-5-4-10-19-16(11)21-18(24)17(23)20-14-8-2-7-13-12(14)6-3-9-15(13)22/h2-10,22H,1H3,(H,20,23)(H,19,21,24). The van der Waals surface area contributed by atoms with E-state index in [1.165, 1.54) is 6.20 Å². The average molecular weight is 321 g/mol. The zero-order valence-corrected chi connectivity index (χ0v) is 12.9. The van der Waals surface area contributed by atoms with Gasteiger partial charge >= 0.3 is 11.8 Å². The zero-order valence-electron chi connectivity index (χ0n) is 12.9. The number of pyridine rings is 1. The number of carbonyl (C=O) groups is 2. The molecule has 24 heavy (non-hydrogen) atoms. The summed E-state index contributed by atoms with van der Waals surface area (Å²) in [6, 6.07) is 13.6. The van der Waals surface area contributed by atoms with Crippen LogP contribution in [0.1, 0.15) is 5.56 Å². The number of aromatic hydroxyl groups is 1. The predicted molar refractivity (Wildman–Crippen MR) is 91.8 cm³/mol. The van der Waals surface area contributed by atoms with Crippen LogP contribution in [0.15, 0.2) is 54.7 Å². The third-order valence-electron chi connectivity index (χ3n) is 3.59. The molecule has 0 aliphatic heterocycles. The number of anilines is 2. The molecule has 3 aromatic rings. The van der Waals surface area contributed by atoms with Crippen molar-refractivity contribution in [3.63, 3.8) is 0 Å². The number of aromatic nitrogens is 1. The van der Waals surface area contributed by atoms with Gasteiger partial charge in [-0.3, -0.25) is 9.59 Å². The summed E-state index contributed by atoms with van der Waals surface area (Å²) in [6.45, 7) is 1.79. The van der Waals surface area contributed by atoms with Crippen molar-refractivity contribution in [1.29, 1.82) is 0 Å². The Balaban J connectivity index is 1.81. The van der Waals surface area contributed by atoms with E-state index in [2.05, 4.69) is 15.6 Å². The van der Waals surface area contributed by atoms with Gasteiger partial charge in [-0.25, -0.2) is 4.98 Å². The van der Waals surface area contributed by atoms with Crippen LogP contribution >= 0.6 is 0 Å². The van der Waals surface area contributed by atoms with Crippen LogP contribution in [0, 0.1) is 6.92 Å². The molecule has 0 bridgehead atoms. The Labute approximate surface area is 138 Å². The Morgan fingerprint density at radius 1 is 0.917 bits per heavy atom. The molecule has 120 valence electrons. The van der Waals surface area contributed by atoms with Gasteiger partial charge in [-0.15, -0.1) is 0 Å². The second-order valence-corrected chi connectivity index (χ2v) is 5.25. The van der Waals surface area contributed by atoms with Gasteiger partial charge in [0.2, 0.25) is 0 Å². The van der Waals surface area contributed by atoms with Gasteiger partial charge in [-0.1, -0.05) is 30.3 Å². The lowest BCUT2D eigenvalue weighted by Crippen LogP contribution is -2.29. The van der Waals surface area contributed by atoms with Crippen LogP contribution in [0.2, 0.25) is 0 Å². The Morgan fingerprint density at radius 3 is 2.42 bits per heavy atom. The highest BCUT2D eigenvalue weighted by atomic mass is 16.3. The summed E-state index contributed by atoms with van der Waals surface area (Å²) in [5.74, 6) is -1.17. The number of nitrogens with zero attached hydrogens (tertiary/aromatic N) is 1. The van der Waals surface area contributed by atoms with E-state index in [9.17, 15) is 14.7 Å². The highest BCUT2D eigenvalue weighted by Crippen LogP contribution is 2.29. The minimum absolute atomic E-state index is 0.108. The predicted octanol–water partition coefficient (Wildman–Crippen LogP) is 2.83. The fourth-order valence-corrected chi connectivity index (χ4v) is 2.36. The second kappa shape index (κ2) is 6.37. The van der Waals surface area contributed by atoms with E-state index in [0.29, 0.717) is 22.3 Å². The lowest BCUT2D eigenvalue weighted by molar-refractivity contribution is -0.133.